The highest BCUT2D eigenvalue weighted by Gasteiger charge is 2.15. The van der Waals surface area contributed by atoms with Gasteiger partial charge in [-0.25, -0.2) is 15.0 Å². The standard InChI is InChI=1S/C49H32N4/c1-3-13-36(14-4-1)47-50-48(37-15-5-2-6-16-37)52-49(51-47)38-24-22-33(23-25-38)34-26-29-40(30-27-34)53-45-21-10-9-19-43(45)44-31-28-39(32-46(44)53)42-20-11-17-35-12-7-8-18-41(35)42/h1-32H. The summed E-state index contributed by atoms with van der Waals surface area (Å²) in [5.74, 6) is 1.96. The van der Waals surface area contributed by atoms with Crippen molar-refractivity contribution in [3.05, 3.63) is 194 Å². The maximum absolute atomic E-state index is 4.91. The predicted molar refractivity (Wildman–Crippen MR) is 219 cm³/mol. The molecule has 0 saturated heterocycles. The Bertz CT molecular complexity index is 2850. The summed E-state index contributed by atoms with van der Waals surface area (Å²) in [4.78, 5) is 14.7. The molecule has 0 radical (unpaired) electrons. The number of hydrogen-bond acceptors (Lipinski definition) is 3. The Balaban J connectivity index is 1.01. The molecule has 0 N–H and O–H groups in total. The van der Waals surface area contributed by atoms with Gasteiger partial charge in [0.15, 0.2) is 17.5 Å². The highest BCUT2D eigenvalue weighted by atomic mass is 15.0. The summed E-state index contributed by atoms with van der Waals surface area (Å²) < 4.78 is 2.39. The zero-order valence-corrected chi connectivity index (χ0v) is 28.8. The van der Waals surface area contributed by atoms with Gasteiger partial charge in [-0.2, -0.15) is 0 Å². The van der Waals surface area contributed by atoms with E-state index in [4.69, 9.17) is 15.0 Å². The van der Waals surface area contributed by atoms with E-state index in [0.717, 1.165) is 33.5 Å². The molecule has 0 aliphatic heterocycles. The molecule has 53 heavy (non-hydrogen) atoms. The van der Waals surface area contributed by atoms with Crippen molar-refractivity contribution in [2.75, 3.05) is 0 Å². The van der Waals surface area contributed by atoms with Gasteiger partial charge >= 0.3 is 0 Å². The first-order valence-electron chi connectivity index (χ1n) is 17.9. The molecule has 8 aromatic carbocycles. The van der Waals surface area contributed by atoms with E-state index in [2.05, 4.69) is 138 Å². The normalized spacial score (nSPS) is 11.4. The van der Waals surface area contributed by atoms with Crippen LogP contribution in [0, 0.1) is 0 Å². The SMILES string of the molecule is c1ccc(-c2nc(-c3ccccc3)nc(-c3ccc(-c4ccc(-n5c6ccccc6c6ccc(-c7cccc8ccccc78)cc65)cc4)cc3)n2)cc1. The van der Waals surface area contributed by atoms with Gasteiger partial charge in [-0.15, -0.1) is 0 Å². The maximum Gasteiger partial charge on any atom is 0.164 e. The third-order valence-electron chi connectivity index (χ3n) is 10.1. The summed E-state index contributed by atoms with van der Waals surface area (Å²) in [6.45, 7) is 0. The Labute approximate surface area is 307 Å². The van der Waals surface area contributed by atoms with Crippen LogP contribution in [0.25, 0.3) is 94.7 Å². The molecule has 0 bridgehead atoms. The van der Waals surface area contributed by atoms with Gasteiger partial charge in [0.25, 0.3) is 0 Å². The fourth-order valence-corrected chi connectivity index (χ4v) is 7.45. The van der Waals surface area contributed by atoms with E-state index < -0.39 is 0 Å². The minimum absolute atomic E-state index is 0.647. The number of hydrogen-bond donors (Lipinski definition) is 0. The first kappa shape index (κ1) is 30.6. The lowest BCUT2D eigenvalue weighted by Crippen LogP contribution is -2.00. The van der Waals surface area contributed by atoms with Crippen molar-refractivity contribution >= 4 is 32.6 Å². The van der Waals surface area contributed by atoms with Crippen molar-refractivity contribution in [2.45, 2.75) is 0 Å². The third-order valence-corrected chi connectivity index (χ3v) is 10.1. The molecular formula is C49H32N4. The summed E-state index contributed by atoms with van der Waals surface area (Å²) in [6.07, 6.45) is 0. The number of para-hydroxylation sites is 1. The predicted octanol–water partition coefficient (Wildman–Crippen LogP) is 12.5. The molecule has 0 atom stereocenters. The minimum atomic E-state index is 0.647. The van der Waals surface area contributed by atoms with Crippen LogP contribution < -0.4 is 0 Å². The summed E-state index contributed by atoms with van der Waals surface area (Å²) in [7, 11) is 0. The lowest BCUT2D eigenvalue weighted by molar-refractivity contribution is 1.07. The lowest BCUT2D eigenvalue weighted by atomic mass is 9.97. The Morgan fingerprint density at radius 2 is 0.774 bits per heavy atom. The summed E-state index contributed by atoms with van der Waals surface area (Å²) in [6, 6.07) is 68.3. The Morgan fingerprint density at radius 1 is 0.302 bits per heavy atom. The molecule has 0 aliphatic carbocycles. The van der Waals surface area contributed by atoms with Crippen LogP contribution in [0.3, 0.4) is 0 Å². The molecule has 4 heteroatoms. The van der Waals surface area contributed by atoms with Crippen molar-refractivity contribution in [3.8, 4) is 62.1 Å². The average Bonchev–Trinajstić information content (AvgIpc) is 3.57. The van der Waals surface area contributed by atoms with E-state index >= 15 is 0 Å². The van der Waals surface area contributed by atoms with Crippen LogP contribution in [0.5, 0.6) is 0 Å². The van der Waals surface area contributed by atoms with Gasteiger partial charge in [-0.05, 0) is 57.3 Å². The summed E-state index contributed by atoms with van der Waals surface area (Å²) >= 11 is 0. The van der Waals surface area contributed by atoms with Gasteiger partial charge < -0.3 is 4.57 Å². The zero-order chi connectivity index (χ0) is 35.1. The molecule has 248 valence electrons. The minimum Gasteiger partial charge on any atom is -0.309 e. The third kappa shape index (κ3) is 5.54. The van der Waals surface area contributed by atoms with Crippen LogP contribution in [0.15, 0.2) is 194 Å². The van der Waals surface area contributed by atoms with E-state index in [1.807, 2.05) is 60.7 Å². The molecule has 2 aromatic heterocycles. The number of rotatable bonds is 6. The Hall–Kier alpha value is -7.17. The smallest absolute Gasteiger partial charge is 0.164 e. The zero-order valence-electron chi connectivity index (χ0n) is 28.8. The highest BCUT2D eigenvalue weighted by Crippen LogP contribution is 2.37. The van der Waals surface area contributed by atoms with Gasteiger partial charge in [-0.3, -0.25) is 0 Å². The molecule has 0 saturated carbocycles. The molecule has 10 rings (SSSR count). The second-order valence-corrected chi connectivity index (χ2v) is 13.3. The van der Waals surface area contributed by atoms with Crippen LogP contribution in [-0.4, -0.2) is 19.5 Å². The maximum atomic E-state index is 4.91. The van der Waals surface area contributed by atoms with Crippen LogP contribution in [0.2, 0.25) is 0 Å². The van der Waals surface area contributed by atoms with Gasteiger partial charge in [0.05, 0.1) is 11.0 Å². The van der Waals surface area contributed by atoms with Crippen LogP contribution >= 0.6 is 0 Å². The number of aromatic nitrogens is 4. The Kier molecular flexibility index (Phi) is 7.43. The Morgan fingerprint density at radius 3 is 1.43 bits per heavy atom. The summed E-state index contributed by atoms with van der Waals surface area (Å²) in [5, 5.41) is 5.00. The fraction of sp³-hybridized carbons (Fsp3) is 0. The van der Waals surface area contributed by atoms with E-state index in [-0.39, 0.29) is 0 Å². The number of benzene rings is 8. The molecule has 2 heterocycles. The second kappa shape index (κ2) is 12.9. The molecule has 10 aromatic rings. The van der Waals surface area contributed by atoms with Gasteiger partial charge in [-0.1, -0.05) is 170 Å². The van der Waals surface area contributed by atoms with Crippen molar-refractivity contribution in [3.63, 3.8) is 0 Å². The van der Waals surface area contributed by atoms with E-state index in [1.165, 1.54) is 43.7 Å². The second-order valence-electron chi connectivity index (χ2n) is 13.3. The quantitative estimate of drug-likeness (QED) is 0.176. The van der Waals surface area contributed by atoms with Gasteiger partial charge in [0.1, 0.15) is 0 Å². The molecule has 0 amide bonds. The fourth-order valence-electron chi connectivity index (χ4n) is 7.45. The van der Waals surface area contributed by atoms with Crippen molar-refractivity contribution in [1.29, 1.82) is 0 Å². The molecular weight excluding hydrogens is 645 g/mol. The van der Waals surface area contributed by atoms with Crippen LogP contribution in [-0.2, 0) is 0 Å². The first-order chi connectivity index (χ1) is 26.3. The van der Waals surface area contributed by atoms with E-state index in [0.29, 0.717) is 17.5 Å². The largest absolute Gasteiger partial charge is 0.309 e. The van der Waals surface area contributed by atoms with Crippen LogP contribution in [0.4, 0.5) is 0 Å². The topological polar surface area (TPSA) is 43.6 Å². The number of fused-ring (bicyclic) bond motifs is 4. The van der Waals surface area contributed by atoms with E-state index in [1.54, 1.807) is 0 Å². The molecule has 0 fully saturated rings. The summed E-state index contributed by atoms with van der Waals surface area (Å²) in [5.41, 5.74) is 11.1. The van der Waals surface area contributed by atoms with Crippen molar-refractivity contribution < 1.29 is 0 Å². The highest BCUT2D eigenvalue weighted by molar-refractivity contribution is 6.11. The molecule has 0 spiro atoms. The monoisotopic (exact) mass is 676 g/mol. The molecule has 0 unspecified atom stereocenters. The van der Waals surface area contributed by atoms with Crippen LogP contribution in [0.1, 0.15) is 0 Å². The first-order valence-corrected chi connectivity index (χ1v) is 17.9. The van der Waals surface area contributed by atoms with Gasteiger partial charge in [0, 0.05) is 33.2 Å². The molecule has 0 aliphatic rings. The number of nitrogens with zero attached hydrogens (tertiary/aromatic N) is 4. The van der Waals surface area contributed by atoms with Gasteiger partial charge in [0.2, 0.25) is 0 Å². The van der Waals surface area contributed by atoms with Crippen molar-refractivity contribution in [2.24, 2.45) is 0 Å². The van der Waals surface area contributed by atoms with E-state index in [9.17, 15) is 0 Å². The molecule has 4 nitrogen and oxygen atoms in total. The van der Waals surface area contributed by atoms with Crippen molar-refractivity contribution in [1.82, 2.24) is 19.5 Å². The lowest BCUT2D eigenvalue weighted by Gasteiger charge is -2.12. The average molecular weight is 677 g/mol.